The molecule has 1 rings (SSSR count). The Morgan fingerprint density at radius 2 is 2.36 bits per heavy atom. The number of aromatic nitrogens is 2. The van der Waals surface area contributed by atoms with Crippen molar-refractivity contribution in [1.82, 2.24) is 9.55 Å². The van der Waals surface area contributed by atoms with Crippen LogP contribution in [-0.4, -0.2) is 28.4 Å². The second-order valence-corrected chi connectivity index (χ2v) is 3.45. The van der Waals surface area contributed by atoms with Crippen LogP contribution >= 0.6 is 0 Å². The molecule has 14 heavy (non-hydrogen) atoms. The molecule has 0 aliphatic carbocycles. The third kappa shape index (κ3) is 2.33. The Kier molecular flexibility index (Phi) is 4.10. The van der Waals surface area contributed by atoms with Crippen LogP contribution in [0.5, 0.6) is 0 Å². The molecule has 0 aromatic carbocycles. The van der Waals surface area contributed by atoms with Crippen LogP contribution < -0.4 is 0 Å². The number of aliphatic hydroxyl groups is 1. The first-order chi connectivity index (χ1) is 6.70. The van der Waals surface area contributed by atoms with Gasteiger partial charge in [0, 0.05) is 32.0 Å². The highest BCUT2D eigenvalue weighted by atomic mass is 16.5. The molecule has 0 radical (unpaired) electrons. The summed E-state index contributed by atoms with van der Waals surface area (Å²) in [7, 11) is 1.63. The van der Waals surface area contributed by atoms with E-state index >= 15 is 0 Å². The van der Waals surface area contributed by atoms with Gasteiger partial charge >= 0.3 is 0 Å². The minimum Gasteiger partial charge on any atom is -0.385 e. The van der Waals surface area contributed by atoms with Crippen molar-refractivity contribution in [1.29, 1.82) is 0 Å². The summed E-state index contributed by atoms with van der Waals surface area (Å²) in [5.74, 6) is 0.782. The molecule has 0 amide bonds. The number of aryl methyl sites for hydroxylation is 1. The summed E-state index contributed by atoms with van der Waals surface area (Å²) in [6, 6.07) is 0. The van der Waals surface area contributed by atoms with Gasteiger partial charge in [-0.25, -0.2) is 4.98 Å². The van der Waals surface area contributed by atoms with Gasteiger partial charge in [0.25, 0.3) is 0 Å². The first-order valence-electron chi connectivity index (χ1n) is 4.88. The van der Waals surface area contributed by atoms with Crippen molar-refractivity contribution in [3.8, 4) is 0 Å². The molecular weight excluding hydrogens is 180 g/mol. The predicted octanol–water partition coefficient (Wildman–Crippen LogP) is 1.22. The molecule has 1 aromatic rings. The Labute approximate surface area is 84.5 Å². The number of hydrogen-bond donors (Lipinski definition) is 1. The number of rotatable bonds is 5. The fourth-order valence-electron chi connectivity index (χ4n) is 1.46. The largest absolute Gasteiger partial charge is 0.385 e. The highest BCUT2D eigenvalue weighted by molar-refractivity contribution is 4.97. The van der Waals surface area contributed by atoms with Gasteiger partial charge in [0.2, 0.25) is 0 Å². The second kappa shape index (κ2) is 5.12. The molecule has 1 N–H and O–H groups in total. The lowest BCUT2D eigenvalue weighted by molar-refractivity contribution is 0.0491. The van der Waals surface area contributed by atoms with E-state index in [1.807, 2.05) is 24.6 Å². The van der Waals surface area contributed by atoms with E-state index in [1.54, 1.807) is 13.3 Å². The van der Waals surface area contributed by atoms with Crippen LogP contribution in [0, 0.1) is 5.92 Å². The van der Waals surface area contributed by atoms with Gasteiger partial charge in [-0.1, -0.05) is 6.92 Å². The highest BCUT2D eigenvalue weighted by Crippen LogP contribution is 2.20. The quantitative estimate of drug-likeness (QED) is 0.773. The van der Waals surface area contributed by atoms with Gasteiger partial charge in [-0.3, -0.25) is 0 Å². The van der Waals surface area contributed by atoms with Crippen molar-refractivity contribution in [2.45, 2.75) is 26.5 Å². The van der Waals surface area contributed by atoms with E-state index in [0.29, 0.717) is 6.61 Å². The van der Waals surface area contributed by atoms with Crippen LogP contribution in [0.4, 0.5) is 0 Å². The van der Waals surface area contributed by atoms with Gasteiger partial charge < -0.3 is 14.4 Å². The summed E-state index contributed by atoms with van der Waals surface area (Å²) in [4.78, 5) is 4.15. The Morgan fingerprint density at radius 1 is 1.64 bits per heavy atom. The maximum atomic E-state index is 9.96. The fraction of sp³-hybridized carbons (Fsp3) is 0.700. The Hall–Kier alpha value is -0.870. The van der Waals surface area contributed by atoms with Crippen LogP contribution in [0.2, 0.25) is 0 Å². The first-order valence-corrected chi connectivity index (χ1v) is 4.88. The molecule has 0 fully saturated rings. The molecule has 4 heteroatoms. The fourth-order valence-corrected chi connectivity index (χ4v) is 1.46. The van der Waals surface area contributed by atoms with Crippen LogP contribution in [0.15, 0.2) is 12.4 Å². The molecule has 0 bridgehead atoms. The summed E-state index contributed by atoms with van der Waals surface area (Å²) < 4.78 is 6.94. The van der Waals surface area contributed by atoms with E-state index in [9.17, 15) is 5.11 Å². The molecule has 2 unspecified atom stereocenters. The average Bonchev–Trinajstić information content (AvgIpc) is 2.64. The Balaban J connectivity index is 2.72. The molecule has 1 aromatic heterocycles. The SMILES string of the molecule is CCn1ccnc1C(O)C(C)COC. The van der Waals surface area contributed by atoms with E-state index in [4.69, 9.17) is 4.74 Å². The molecule has 0 spiro atoms. The van der Waals surface area contributed by atoms with Crippen molar-refractivity contribution < 1.29 is 9.84 Å². The van der Waals surface area contributed by atoms with Gasteiger partial charge in [0.1, 0.15) is 11.9 Å². The molecule has 0 aliphatic heterocycles. The van der Waals surface area contributed by atoms with Crippen molar-refractivity contribution in [3.05, 3.63) is 18.2 Å². The average molecular weight is 198 g/mol. The molecular formula is C10H18N2O2. The number of ether oxygens (including phenoxy) is 1. The lowest BCUT2D eigenvalue weighted by atomic mass is 10.1. The standard InChI is InChI=1S/C10H18N2O2/c1-4-12-6-5-11-10(12)9(13)8(2)7-14-3/h5-6,8-9,13H,4,7H2,1-3H3. The van der Waals surface area contributed by atoms with E-state index < -0.39 is 6.10 Å². The molecule has 0 aliphatic rings. The topological polar surface area (TPSA) is 47.3 Å². The number of methoxy groups -OCH3 is 1. The zero-order chi connectivity index (χ0) is 10.6. The summed E-state index contributed by atoms with van der Waals surface area (Å²) in [6.45, 7) is 5.34. The van der Waals surface area contributed by atoms with E-state index in [0.717, 1.165) is 12.4 Å². The molecule has 0 saturated heterocycles. The molecule has 1 heterocycles. The van der Waals surface area contributed by atoms with E-state index in [2.05, 4.69) is 4.98 Å². The van der Waals surface area contributed by atoms with Gasteiger partial charge in [0.15, 0.2) is 0 Å². The minimum atomic E-state index is -0.551. The maximum absolute atomic E-state index is 9.96. The summed E-state index contributed by atoms with van der Waals surface area (Å²) in [6.07, 6.45) is 3.03. The number of imidazole rings is 1. The molecule has 80 valence electrons. The van der Waals surface area contributed by atoms with Crippen LogP contribution in [0.1, 0.15) is 25.8 Å². The monoisotopic (exact) mass is 198 g/mol. The molecule has 4 nitrogen and oxygen atoms in total. The van der Waals surface area contributed by atoms with E-state index in [-0.39, 0.29) is 5.92 Å². The Bertz CT molecular complexity index is 273. The lowest BCUT2D eigenvalue weighted by Crippen LogP contribution is -2.18. The van der Waals surface area contributed by atoms with Gasteiger partial charge in [-0.2, -0.15) is 0 Å². The zero-order valence-electron chi connectivity index (χ0n) is 8.97. The number of nitrogens with zero attached hydrogens (tertiary/aromatic N) is 2. The molecule has 2 atom stereocenters. The van der Waals surface area contributed by atoms with Gasteiger partial charge in [0.05, 0.1) is 6.61 Å². The normalized spacial score (nSPS) is 15.4. The van der Waals surface area contributed by atoms with Gasteiger partial charge in [-0.15, -0.1) is 0 Å². The minimum absolute atomic E-state index is 0.0627. The van der Waals surface area contributed by atoms with Crippen molar-refractivity contribution in [2.24, 2.45) is 5.92 Å². The first kappa shape index (κ1) is 11.2. The lowest BCUT2D eigenvalue weighted by Gasteiger charge is -2.18. The predicted molar refractivity (Wildman–Crippen MR) is 53.9 cm³/mol. The summed E-state index contributed by atoms with van der Waals surface area (Å²) in [5, 5.41) is 9.96. The molecule has 0 saturated carbocycles. The zero-order valence-corrected chi connectivity index (χ0v) is 8.97. The summed E-state index contributed by atoms with van der Waals surface area (Å²) in [5.41, 5.74) is 0. The van der Waals surface area contributed by atoms with E-state index in [1.165, 1.54) is 0 Å². The van der Waals surface area contributed by atoms with Crippen molar-refractivity contribution in [3.63, 3.8) is 0 Å². The highest BCUT2D eigenvalue weighted by Gasteiger charge is 2.20. The Morgan fingerprint density at radius 3 is 2.93 bits per heavy atom. The van der Waals surface area contributed by atoms with Crippen molar-refractivity contribution >= 4 is 0 Å². The van der Waals surface area contributed by atoms with Crippen LogP contribution in [0.25, 0.3) is 0 Å². The van der Waals surface area contributed by atoms with Crippen LogP contribution in [0.3, 0.4) is 0 Å². The van der Waals surface area contributed by atoms with Crippen LogP contribution in [-0.2, 0) is 11.3 Å². The van der Waals surface area contributed by atoms with Gasteiger partial charge in [-0.05, 0) is 6.92 Å². The maximum Gasteiger partial charge on any atom is 0.137 e. The number of hydrogen-bond acceptors (Lipinski definition) is 3. The van der Waals surface area contributed by atoms with Crippen molar-refractivity contribution in [2.75, 3.05) is 13.7 Å². The third-order valence-corrected chi connectivity index (χ3v) is 2.32. The smallest absolute Gasteiger partial charge is 0.137 e. The third-order valence-electron chi connectivity index (χ3n) is 2.32. The second-order valence-electron chi connectivity index (χ2n) is 3.45. The number of aliphatic hydroxyl groups excluding tert-OH is 1. The summed E-state index contributed by atoms with van der Waals surface area (Å²) >= 11 is 0.